The summed E-state index contributed by atoms with van der Waals surface area (Å²) in [6.45, 7) is 48.5. The second kappa shape index (κ2) is 32.2. The Labute approximate surface area is 764 Å². The fraction of sp³-hybridized carbons (Fsp3) is 0.240. The van der Waals surface area contributed by atoms with Crippen molar-refractivity contribution < 1.29 is 0 Å². The summed E-state index contributed by atoms with van der Waals surface area (Å²) in [5, 5.41) is 44.3. The summed E-state index contributed by atoms with van der Waals surface area (Å²) < 4.78 is 0. The van der Waals surface area contributed by atoms with E-state index < -0.39 is 0 Å². The first-order valence-corrected chi connectivity index (χ1v) is 47.3. The SMILES string of the molecule is CC(C)(C)c1cc2cc(C(C)(C)C)cc3c4cccc5cccc(c(c1)c23)c54.CCC(c1ccccc1)(c1ccccc1)c1ccccc1.CCCc1ccc2c3cc(C(C)(C)C)cc4cc(C(C)(C)C)cc(c5cccc1c52)c43.Cc1ccc2c3cc(C(C)(C)C)cc4cc(C(C)(C)C)cc(c5cccc1c52)c43.c1cc2cccc3c4cccc5cccc(c(c1)c23)c54. The van der Waals surface area contributed by atoms with Gasteiger partial charge in [0.2, 0.25) is 0 Å². The number of hydrogen-bond donors (Lipinski definition) is 0. The zero-order chi connectivity index (χ0) is 90.3. The molecule has 0 heterocycles. The maximum absolute atomic E-state index is 2.47. The second-order valence-electron chi connectivity index (χ2n) is 43.3. The molecule has 0 heteroatoms. The van der Waals surface area contributed by atoms with E-state index in [0.29, 0.717) is 0 Å². The molecule has 0 aliphatic rings. The number of rotatable bonds is 6. The number of fused-ring (bicyclic) bond motifs is 8. The Morgan fingerprint density at radius 2 is 0.388 bits per heavy atom. The van der Waals surface area contributed by atoms with Crippen LogP contribution in [0.3, 0.4) is 0 Å². The van der Waals surface area contributed by atoms with Crippen molar-refractivity contribution in [2.24, 2.45) is 0 Å². The van der Waals surface area contributed by atoms with Gasteiger partial charge in [-0.1, -0.05) is 442 Å². The van der Waals surface area contributed by atoms with Gasteiger partial charge in [-0.3, -0.25) is 0 Å². The van der Waals surface area contributed by atoms with Crippen LogP contribution in [0.5, 0.6) is 0 Å². The molecule has 0 saturated heterocycles. The third-order valence-electron chi connectivity index (χ3n) is 28.6. The molecule has 0 atom stereocenters. The van der Waals surface area contributed by atoms with Crippen molar-refractivity contribution in [2.75, 3.05) is 0 Å². The lowest BCUT2D eigenvalue weighted by Crippen LogP contribution is -2.28. The molecule has 0 nitrogen and oxygen atoms in total. The van der Waals surface area contributed by atoms with Crippen molar-refractivity contribution in [3.05, 3.63) is 395 Å². The van der Waals surface area contributed by atoms with E-state index in [9.17, 15) is 0 Å². The Hall–Kier alpha value is -12.7. The fourth-order valence-corrected chi connectivity index (χ4v) is 21.5. The highest BCUT2D eigenvalue weighted by molar-refractivity contribution is 6.37. The molecular formula is C129H124. The van der Waals surface area contributed by atoms with Crippen LogP contribution in [-0.2, 0) is 44.3 Å². The lowest BCUT2D eigenvalue weighted by atomic mass is 9.68. The first kappa shape index (κ1) is 85.7. The van der Waals surface area contributed by atoms with Crippen LogP contribution in [0.1, 0.15) is 213 Å². The van der Waals surface area contributed by atoms with Gasteiger partial charge in [-0.2, -0.15) is 0 Å². The van der Waals surface area contributed by atoms with E-state index in [2.05, 4.69) is 479 Å². The molecule has 0 aliphatic carbocycles. The summed E-state index contributed by atoms with van der Waals surface area (Å²) >= 11 is 0. The number of aryl methyl sites for hydroxylation is 2. The Morgan fingerprint density at radius 1 is 0.171 bits per heavy atom. The topological polar surface area (TPSA) is 0 Å². The van der Waals surface area contributed by atoms with Crippen LogP contribution in [0.25, 0.3) is 172 Å². The summed E-state index contributed by atoms with van der Waals surface area (Å²) in [6.07, 6.45) is 3.34. The van der Waals surface area contributed by atoms with Crippen molar-refractivity contribution in [1.82, 2.24) is 0 Å². The molecule has 129 heavy (non-hydrogen) atoms. The molecule has 0 aliphatic heterocycles. The third kappa shape index (κ3) is 15.1. The maximum Gasteiger partial charge on any atom is 0.0448 e. The van der Waals surface area contributed by atoms with Crippen molar-refractivity contribution in [2.45, 2.75) is 203 Å². The zero-order valence-electron chi connectivity index (χ0n) is 79.9. The standard InChI is InChI=1S/C31H34.C29H30.C28H28.C21H20.C20H12/c1-8-10-19-13-14-25-27-18-22(31(5,6)7)16-20-15-21(30(2,3)4)17-26(28(20)27)24-12-9-11-23(19)29(24)25;1-17-11-12-23-25-16-20(29(5,6)7)14-18-13-19(28(2,3)4)15-24(26(18)25)22-10-8-9-21(17)27(22)23;1-27(2,3)19-13-18-14-20(28(4,5)6)16-24-22-12-8-10-17-9-7-11-21(25(17)22)23(15-19)26(18)24;1-2-21(18-12-6-3-7-13-18,19-14-8-4-9-15-19)20-16-10-5-11-17-20;1-5-13-6-2-11-17-18-12-4-8-14-7-3-10-16(20(14)18)15(9-1)19(13)17/h9,11-18H,8,10H2,1-7H3;8-16H,1-7H3;7-16H,1-6H3;3-17H,2H2,1H3;1-12H. The Kier molecular flexibility index (Phi) is 21.4. The van der Waals surface area contributed by atoms with Crippen molar-refractivity contribution >= 4 is 172 Å². The van der Waals surface area contributed by atoms with Crippen LogP contribution < -0.4 is 0 Å². The molecule has 23 aromatic carbocycles. The highest BCUT2D eigenvalue weighted by Gasteiger charge is 2.35. The van der Waals surface area contributed by atoms with E-state index >= 15 is 0 Å². The second-order valence-corrected chi connectivity index (χ2v) is 43.3. The van der Waals surface area contributed by atoms with E-state index in [1.165, 1.54) is 240 Å². The highest BCUT2D eigenvalue weighted by atomic mass is 14.4. The van der Waals surface area contributed by atoms with Gasteiger partial charge < -0.3 is 0 Å². The first-order chi connectivity index (χ1) is 61.6. The minimum Gasteiger partial charge on any atom is -0.0651 e. The Morgan fingerprint density at radius 3 is 0.651 bits per heavy atom. The molecule has 0 aromatic heterocycles. The minimum absolute atomic E-state index is 0.0796. The van der Waals surface area contributed by atoms with Crippen LogP contribution in [0, 0.1) is 6.92 Å². The molecule has 0 unspecified atom stereocenters. The van der Waals surface area contributed by atoms with Crippen LogP contribution in [0.15, 0.2) is 334 Å². The van der Waals surface area contributed by atoms with Gasteiger partial charge >= 0.3 is 0 Å². The summed E-state index contributed by atoms with van der Waals surface area (Å²) in [7, 11) is 0. The molecule has 0 spiro atoms. The van der Waals surface area contributed by atoms with Crippen LogP contribution in [0.2, 0.25) is 0 Å². The van der Waals surface area contributed by atoms with Crippen molar-refractivity contribution in [3.63, 3.8) is 0 Å². The predicted molar refractivity (Wildman–Crippen MR) is 571 cm³/mol. The van der Waals surface area contributed by atoms with Gasteiger partial charge in [0.25, 0.3) is 0 Å². The van der Waals surface area contributed by atoms with Gasteiger partial charge in [0.15, 0.2) is 0 Å². The maximum atomic E-state index is 2.47. The largest absolute Gasteiger partial charge is 0.0651 e. The monoisotopic (exact) mass is 1670 g/mol. The molecule has 640 valence electrons. The molecule has 0 N–H and O–H groups in total. The third-order valence-corrected chi connectivity index (χ3v) is 28.6. The molecular weight excluding hydrogens is 1550 g/mol. The van der Waals surface area contributed by atoms with E-state index in [4.69, 9.17) is 0 Å². The average Bonchev–Trinajstić information content (AvgIpc) is 0.725. The van der Waals surface area contributed by atoms with Gasteiger partial charge in [-0.25, -0.2) is 0 Å². The van der Waals surface area contributed by atoms with Crippen molar-refractivity contribution in [3.8, 4) is 0 Å². The normalized spacial score (nSPS) is 12.8. The average molecular weight is 1670 g/mol. The molecule has 0 fully saturated rings. The first-order valence-electron chi connectivity index (χ1n) is 47.3. The number of benzene rings is 23. The Balaban J connectivity index is 0.000000106. The van der Waals surface area contributed by atoms with E-state index in [1.807, 2.05) is 0 Å². The van der Waals surface area contributed by atoms with Crippen molar-refractivity contribution in [1.29, 1.82) is 0 Å². The highest BCUT2D eigenvalue weighted by Crippen LogP contribution is 2.51. The molecule has 0 saturated carbocycles. The van der Waals surface area contributed by atoms with Crippen LogP contribution in [0.4, 0.5) is 0 Å². The summed E-state index contributed by atoms with van der Waals surface area (Å²) in [4.78, 5) is 0. The zero-order valence-corrected chi connectivity index (χ0v) is 79.9. The van der Waals surface area contributed by atoms with Crippen LogP contribution >= 0.6 is 0 Å². The lowest BCUT2D eigenvalue weighted by Gasteiger charge is -2.35. The quantitative estimate of drug-likeness (QED) is 0.0884. The molecule has 0 bridgehead atoms. The van der Waals surface area contributed by atoms with Gasteiger partial charge in [-0.05, 0) is 322 Å². The summed E-state index contributed by atoms with van der Waals surface area (Å²) in [5.41, 5.74) is 15.9. The lowest BCUT2D eigenvalue weighted by molar-refractivity contribution is 0.589. The molecule has 0 amide bonds. The van der Waals surface area contributed by atoms with Crippen LogP contribution in [-0.4, -0.2) is 0 Å². The predicted octanol–water partition coefficient (Wildman–Crippen LogP) is 37.4. The summed E-state index contributed by atoms with van der Waals surface area (Å²) in [6, 6.07) is 125. The molecule has 23 aromatic rings. The van der Waals surface area contributed by atoms with E-state index in [1.54, 1.807) is 0 Å². The summed E-state index contributed by atoms with van der Waals surface area (Å²) in [5.74, 6) is 0. The van der Waals surface area contributed by atoms with Gasteiger partial charge in [0, 0.05) is 5.41 Å². The van der Waals surface area contributed by atoms with Gasteiger partial charge in [0.1, 0.15) is 0 Å². The number of hydrogen-bond acceptors (Lipinski definition) is 0. The molecule has 0 radical (unpaired) electrons. The fourth-order valence-electron chi connectivity index (χ4n) is 21.5. The Bertz CT molecular complexity index is 7670. The van der Waals surface area contributed by atoms with Gasteiger partial charge in [-0.15, -0.1) is 0 Å². The van der Waals surface area contributed by atoms with Gasteiger partial charge in [0.05, 0.1) is 0 Å². The smallest absolute Gasteiger partial charge is 0.0448 e. The van der Waals surface area contributed by atoms with E-state index in [0.717, 1.165) is 12.8 Å². The molecule has 23 rings (SSSR count). The van der Waals surface area contributed by atoms with E-state index in [-0.39, 0.29) is 37.9 Å². The minimum atomic E-state index is -0.0796.